The number of nitrogens with zero attached hydrogens (tertiary/aromatic N) is 3. The Labute approximate surface area is 150 Å². The summed E-state index contributed by atoms with van der Waals surface area (Å²) in [5.41, 5.74) is 8.77. The van der Waals surface area contributed by atoms with Crippen molar-refractivity contribution in [1.29, 1.82) is 5.41 Å². The fourth-order valence-corrected chi connectivity index (χ4v) is 4.38. The van der Waals surface area contributed by atoms with E-state index >= 15 is 0 Å². The van der Waals surface area contributed by atoms with Crippen molar-refractivity contribution in [1.82, 2.24) is 15.0 Å². The molecule has 3 aromatic rings. The van der Waals surface area contributed by atoms with Crippen molar-refractivity contribution < 1.29 is 0 Å². The normalized spacial score (nSPS) is 15.4. The topological polar surface area (TPSA) is 101 Å². The van der Waals surface area contributed by atoms with Crippen LogP contribution in [0.2, 0.25) is 0 Å². The molecule has 0 unspecified atom stereocenters. The van der Waals surface area contributed by atoms with Crippen LogP contribution >= 0.6 is 11.3 Å². The lowest BCUT2D eigenvalue weighted by atomic mass is 9.90. The summed E-state index contributed by atoms with van der Waals surface area (Å²) in [7, 11) is 0. The minimum Gasteiger partial charge on any atom is -0.398 e. The molecule has 4 N–H and O–H groups in total. The Balaban J connectivity index is 1.67. The van der Waals surface area contributed by atoms with Crippen LogP contribution in [0.15, 0.2) is 24.5 Å². The number of fused-ring (bicyclic) bond motifs is 1. The molecule has 1 aliphatic carbocycles. The quantitative estimate of drug-likeness (QED) is 0.475. The van der Waals surface area contributed by atoms with E-state index in [-0.39, 0.29) is 0 Å². The molecular formula is C18H20N6S. The van der Waals surface area contributed by atoms with E-state index in [0.29, 0.717) is 23.0 Å². The number of nitrogens with one attached hydrogen (secondary N) is 2. The molecular weight excluding hydrogens is 332 g/mol. The van der Waals surface area contributed by atoms with Gasteiger partial charge in [-0.1, -0.05) is 30.6 Å². The summed E-state index contributed by atoms with van der Waals surface area (Å²) in [4.78, 5) is 14.5. The highest BCUT2D eigenvalue weighted by molar-refractivity contribution is 7.18. The third-order valence-corrected chi connectivity index (χ3v) is 5.80. The van der Waals surface area contributed by atoms with E-state index in [4.69, 9.17) is 16.1 Å². The van der Waals surface area contributed by atoms with Gasteiger partial charge in [0.15, 0.2) is 5.82 Å². The van der Waals surface area contributed by atoms with Crippen molar-refractivity contribution in [3.8, 4) is 0 Å². The van der Waals surface area contributed by atoms with Crippen LogP contribution in [0.3, 0.4) is 0 Å². The van der Waals surface area contributed by atoms with Crippen LogP contribution in [0.4, 0.5) is 17.2 Å². The maximum Gasteiger partial charge on any atom is 0.161 e. The first kappa shape index (κ1) is 16.0. The van der Waals surface area contributed by atoms with E-state index in [0.717, 1.165) is 16.0 Å². The number of hydrogen-bond acceptors (Lipinski definition) is 7. The number of rotatable bonds is 4. The van der Waals surface area contributed by atoms with Crippen LogP contribution in [0, 0.1) is 5.41 Å². The van der Waals surface area contributed by atoms with Crippen molar-refractivity contribution >= 4 is 45.1 Å². The molecule has 0 atom stereocenters. The van der Waals surface area contributed by atoms with Gasteiger partial charge < -0.3 is 16.5 Å². The highest BCUT2D eigenvalue weighted by Crippen LogP contribution is 2.37. The number of nitrogen functional groups attached to an aromatic ring is 1. The van der Waals surface area contributed by atoms with Gasteiger partial charge in [0, 0.05) is 29.1 Å². The molecule has 25 heavy (non-hydrogen) atoms. The minimum atomic E-state index is 0.557. The number of benzene rings is 1. The Kier molecular flexibility index (Phi) is 4.31. The van der Waals surface area contributed by atoms with Crippen molar-refractivity contribution in [2.24, 2.45) is 0 Å². The number of aromatic nitrogens is 3. The molecule has 6 nitrogen and oxygen atoms in total. The SMILES string of the molecule is N=Cc1cc(Nc2ncnc3sc(C4CCCCC4)nc23)ccc1N. The van der Waals surface area contributed by atoms with E-state index in [1.165, 1.54) is 43.3 Å². The van der Waals surface area contributed by atoms with Gasteiger partial charge in [0.2, 0.25) is 0 Å². The average molecular weight is 352 g/mol. The first-order chi connectivity index (χ1) is 12.2. The zero-order valence-corrected chi connectivity index (χ0v) is 14.6. The summed E-state index contributed by atoms with van der Waals surface area (Å²) in [5.74, 6) is 1.26. The molecule has 0 bridgehead atoms. The van der Waals surface area contributed by atoms with Crippen LogP contribution in [-0.4, -0.2) is 21.2 Å². The average Bonchev–Trinajstić information content (AvgIpc) is 3.09. The fourth-order valence-electron chi connectivity index (χ4n) is 3.30. The molecule has 0 saturated heterocycles. The van der Waals surface area contributed by atoms with E-state index in [2.05, 4.69) is 15.3 Å². The predicted molar refractivity (Wildman–Crippen MR) is 103 cm³/mol. The van der Waals surface area contributed by atoms with Crippen LogP contribution in [0.25, 0.3) is 10.3 Å². The molecule has 0 amide bonds. The molecule has 1 saturated carbocycles. The maximum atomic E-state index is 7.44. The Bertz CT molecular complexity index is 913. The molecule has 128 valence electrons. The third-order valence-electron chi connectivity index (χ3n) is 4.67. The van der Waals surface area contributed by atoms with Gasteiger partial charge >= 0.3 is 0 Å². The molecule has 0 spiro atoms. The Morgan fingerprint density at radius 2 is 2.04 bits per heavy atom. The van der Waals surface area contributed by atoms with E-state index in [1.807, 2.05) is 12.1 Å². The van der Waals surface area contributed by atoms with Gasteiger partial charge in [-0.2, -0.15) is 0 Å². The number of nitrogens with two attached hydrogens (primary N) is 1. The lowest BCUT2D eigenvalue weighted by molar-refractivity contribution is 0.443. The fraction of sp³-hybridized carbons (Fsp3) is 0.333. The summed E-state index contributed by atoms with van der Waals surface area (Å²) < 4.78 is 0. The Morgan fingerprint density at radius 1 is 1.20 bits per heavy atom. The molecule has 1 aromatic carbocycles. The molecule has 2 heterocycles. The third kappa shape index (κ3) is 3.19. The van der Waals surface area contributed by atoms with Gasteiger partial charge in [-0.05, 0) is 31.0 Å². The van der Waals surface area contributed by atoms with E-state index in [1.54, 1.807) is 23.7 Å². The molecule has 1 aliphatic rings. The Hall–Kier alpha value is -2.54. The molecule has 4 rings (SSSR count). The van der Waals surface area contributed by atoms with Gasteiger partial charge in [0.05, 0.1) is 5.01 Å². The van der Waals surface area contributed by atoms with Crippen LogP contribution < -0.4 is 11.1 Å². The lowest BCUT2D eigenvalue weighted by Crippen LogP contribution is -2.03. The summed E-state index contributed by atoms with van der Waals surface area (Å²) in [6.45, 7) is 0. The lowest BCUT2D eigenvalue weighted by Gasteiger charge is -2.18. The van der Waals surface area contributed by atoms with Crippen LogP contribution in [-0.2, 0) is 0 Å². The van der Waals surface area contributed by atoms with Gasteiger partial charge in [0.25, 0.3) is 0 Å². The molecule has 2 aromatic heterocycles. The van der Waals surface area contributed by atoms with Gasteiger partial charge in [-0.25, -0.2) is 15.0 Å². The summed E-state index contributed by atoms with van der Waals surface area (Å²) in [6, 6.07) is 5.50. The second-order valence-corrected chi connectivity index (χ2v) is 7.39. The van der Waals surface area contributed by atoms with Gasteiger partial charge in [-0.15, -0.1) is 0 Å². The molecule has 1 fully saturated rings. The summed E-state index contributed by atoms with van der Waals surface area (Å²) in [5, 5.41) is 11.9. The van der Waals surface area contributed by atoms with Crippen LogP contribution in [0.1, 0.15) is 48.6 Å². The monoisotopic (exact) mass is 352 g/mol. The highest BCUT2D eigenvalue weighted by atomic mass is 32.1. The highest BCUT2D eigenvalue weighted by Gasteiger charge is 2.21. The van der Waals surface area contributed by atoms with Crippen molar-refractivity contribution in [3.05, 3.63) is 35.1 Å². The van der Waals surface area contributed by atoms with E-state index < -0.39 is 0 Å². The largest absolute Gasteiger partial charge is 0.398 e. The molecule has 0 radical (unpaired) electrons. The zero-order chi connectivity index (χ0) is 17.2. The Morgan fingerprint density at radius 3 is 2.84 bits per heavy atom. The van der Waals surface area contributed by atoms with Crippen molar-refractivity contribution in [3.63, 3.8) is 0 Å². The minimum absolute atomic E-state index is 0.557. The zero-order valence-electron chi connectivity index (χ0n) is 13.8. The number of thiazole rings is 1. The first-order valence-corrected chi connectivity index (χ1v) is 9.34. The standard InChI is InChI=1S/C18H20N6S/c19-9-12-8-13(6-7-14(12)20)23-16-15-18(22-10-21-16)25-17(24-15)11-4-2-1-3-5-11/h6-11,19H,1-5,20H2,(H,21,22,23). The second-order valence-electron chi connectivity index (χ2n) is 6.38. The summed E-state index contributed by atoms with van der Waals surface area (Å²) in [6.07, 6.45) is 9.17. The maximum absolute atomic E-state index is 7.44. The van der Waals surface area contributed by atoms with Crippen molar-refractivity contribution in [2.45, 2.75) is 38.0 Å². The molecule has 7 heteroatoms. The number of hydrogen-bond donors (Lipinski definition) is 3. The van der Waals surface area contributed by atoms with Gasteiger partial charge in [0.1, 0.15) is 16.7 Å². The number of anilines is 3. The van der Waals surface area contributed by atoms with Crippen molar-refractivity contribution in [2.75, 3.05) is 11.1 Å². The van der Waals surface area contributed by atoms with E-state index in [9.17, 15) is 0 Å². The van der Waals surface area contributed by atoms with Crippen LogP contribution in [0.5, 0.6) is 0 Å². The first-order valence-electron chi connectivity index (χ1n) is 8.53. The molecule has 0 aliphatic heterocycles. The summed E-state index contributed by atoms with van der Waals surface area (Å²) >= 11 is 1.68. The second kappa shape index (κ2) is 6.76. The predicted octanol–water partition coefficient (Wildman–Crippen LogP) is 4.46. The van der Waals surface area contributed by atoms with Gasteiger partial charge in [-0.3, -0.25) is 0 Å². The smallest absolute Gasteiger partial charge is 0.161 e.